The molecule has 108 valence electrons. The Balaban J connectivity index is 2.02. The van der Waals surface area contributed by atoms with Gasteiger partial charge in [0.25, 0.3) is 0 Å². The molecule has 0 radical (unpaired) electrons. The van der Waals surface area contributed by atoms with Gasteiger partial charge in [-0.15, -0.1) is 10.2 Å². The molecule has 0 amide bonds. The van der Waals surface area contributed by atoms with Gasteiger partial charge in [0, 0.05) is 18.3 Å². The van der Waals surface area contributed by atoms with E-state index in [9.17, 15) is 0 Å². The molecule has 1 aromatic heterocycles. The van der Waals surface area contributed by atoms with Gasteiger partial charge in [0.15, 0.2) is 5.82 Å². The lowest BCUT2D eigenvalue weighted by Crippen LogP contribution is -2.08. The van der Waals surface area contributed by atoms with Gasteiger partial charge in [-0.2, -0.15) is 0 Å². The summed E-state index contributed by atoms with van der Waals surface area (Å²) in [5, 5.41) is 11.3. The van der Waals surface area contributed by atoms with Crippen molar-refractivity contribution in [1.82, 2.24) is 14.8 Å². The van der Waals surface area contributed by atoms with Crippen molar-refractivity contribution in [3.05, 3.63) is 30.4 Å². The average molecular weight is 275 g/mol. The van der Waals surface area contributed by atoms with E-state index < -0.39 is 0 Å². The molecule has 0 unspecified atom stereocenters. The summed E-state index contributed by atoms with van der Waals surface area (Å²) in [6.45, 7) is 6.27. The fourth-order valence-corrected chi connectivity index (χ4v) is 1.84. The minimum atomic E-state index is 0.616. The Hall–Kier alpha value is -2.24. The highest BCUT2D eigenvalue weighted by atomic mass is 16.5. The zero-order chi connectivity index (χ0) is 14.4. The molecule has 3 N–H and O–H groups in total. The molecule has 1 heterocycles. The maximum absolute atomic E-state index is 5.89. The van der Waals surface area contributed by atoms with E-state index in [0.29, 0.717) is 24.6 Å². The summed E-state index contributed by atoms with van der Waals surface area (Å²) in [6.07, 6.45) is 2.69. The molecule has 0 saturated heterocycles. The van der Waals surface area contributed by atoms with E-state index in [1.807, 2.05) is 22.8 Å². The number of rotatable bonds is 7. The Morgan fingerprint density at radius 3 is 2.95 bits per heavy atom. The topological polar surface area (TPSA) is 78.0 Å². The maximum Gasteiger partial charge on any atom is 0.152 e. The summed E-state index contributed by atoms with van der Waals surface area (Å²) in [7, 11) is 0. The lowest BCUT2D eigenvalue weighted by molar-refractivity contribution is 0.319. The van der Waals surface area contributed by atoms with Crippen molar-refractivity contribution >= 4 is 11.4 Å². The Kier molecular flexibility index (Phi) is 4.81. The molecule has 6 nitrogen and oxygen atoms in total. The highest BCUT2D eigenvalue weighted by molar-refractivity contribution is 5.61. The fraction of sp³-hybridized carbons (Fsp3) is 0.429. The first-order chi connectivity index (χ1) is 9.74. The van der Waals surface area contributed by atoms with Crippen LogP contribution in [0.3, 0.4) is 0 Å². The standard InChI is InChI=1S/C14H21N5O/c1-3-7-20-13-8-11(5-6-12(13)15)16-9-14-18-17-10-19(14)4-2/h5-6,8,10,16H,3-4,7,9,15H2,1-2H3. The number of nitrogens with two attached hydrogens (primary N) is 1. The SMILES string of the molecule is CCCOc1cc(NCc2nncn2CC)ccc1N. The predicted molar refractivity (Wildman–Crippen MR) is 79.7 cm³/mol. The highest BCUT2D eigenvalue weighted by Gasteiger charge is 2.05. The van der Waals surface area contributed by atoms with Gasteiger partial charge >= 0.3 is 0 Å². The van der Waals surface area contributed by atoms with E-state index in [1.165, 1.54) is 0 Å². The number of nitrogens with one attached hydrogen (secondary N) is 1. The van der Waals surface area contributed by atoms with E-state index in [1.54, 1.807) is 6.33 Å². The number of benzene rings is 1. The monoisotopic (exact) mass is 275 g/mol. The van der Waals surface area contributed by atoms with Gasteiger partial charge in [-0.25, -0.2) is 0 Å². The van der Waals surface area contributed by atoms with Crippen LogP contribution in [0.2, 0.25) is 0 Å². The number of hydrogen-bond acceptors (Lipinski definition) is 5. The van der Waals surface area contributed by atoms with Crippen molar-refractivity contribution in [2.45, 2.75) is 33.4 Å². The largest absolute Gasteiger partial charge is 0.491 e. The van der Waals surface area contributed by atoms with Gasteiger partial charge < -0.3 is 20.4 Å². The van der Waals surface area contributed by atoms with Crippen molar-refractivity contribution in [3.63, 3.8) is 0 Å². The van der Waals surface area contributed by atoms with Crippen molar-refractivity contribution in [1.29, 1.82) is 0 Å². The van der Waals surface area contributed by atoms with Crippen LogP contribution >= 0.6 is 0 Å². The Morgan fingerprint density at radius 1 is 1.35 bits per heavy atom. The second kappa shape index (κ2) is 6.79. The third-order valence-electron chi connectivity index (χ3n) is 2.96. The molecule has 0 aliphatic rings. The molecular formula is C14H21N5O. The first-order valence-electron chi connectivity index (χ1n) is 6.87. The Labute approximate surface area is 119 Å². The third-order valence-corrected chi connectivity index (χ3v) is 2.96. The molecule has 0 bridgehead atoms. The van der Waals surface area contributed by atoms with Crippen LogP contribution in [-0.2, 0) is 13.1 Å². The van der Waals surface area contributed by atoms with E-state index in [0.717, 1.165) is 24.5 Å². The smallest absolute Gasteiger partial charge is 0.152 e. The van der Waals surface area contributed by atoms with Gasteiger partial charge in [0.1, 0.15) is 12.1 Å². The average Bonchev–Trinajstić information content (AvgIpc) is 2.92. The zero-order valence-corrected chi connectivity index (χ0v) is 12.0. The van der Waals surface area contributed by atoms with Gasteiger partial charge in [-0.1, -0.05) is 6.92 Å². The van der Waals surface area contributed by atoms with Crippen molar-refractivity contribution in [2.75, 3.05) is 17.7 Å². The molecule has 0 aliphatic heterocycles. The first kappa shape index (κ1) is 14.2. The molecule has 0 spiro atoms. The minimum absolute atomic E-state index is 0.616. The van der Waals surface area contributed by atoms with Crippen LogP contribution in [0.25, 0.3) is 0 Å². The third kappa shape index (κ3) is 3.40. The van der Waals surface area contributed by atoms with Crippen molar-refractivity contribution < 1.29 is 4.74 Å². The molecule has 2 rings (SSSR count). The summed E-state index contributed by atoms with van der Waals surface area (Å²) in [5.74, 6) is 1.62. The zero-order valence-electron chi connectivity index (χ0n) is 12.0. The quantitative estimate of drug-likeness (QED) is 0.758. The summed E-state index contributed by atoms with van der Waals surface area (Å²) in [6, 6.07) is 5.69. The van der Waals surface area contributed by atoms with Crippen LogP contribution < -0.4 is 15.8 Å². The maximum atomic E-state index is 5.89. The fourth-order valence-electron chi connectivity index (χ4n) is 1.84. The minimum Gasteiger partial charge on any atom is -0.491 e. The molecule has 2 aromatic rings. The van der Waals surface area contributed by atoms with Crippen molar-refractivity contribution in [2.24, 2.45) is 0 Å². The molecule has 0 fully saturated rings. The van der Waals surface area contributed by atoms with Crippen LogP contribution in [0.4, 0.5) is 11.4 Å². The van der Waals surface area contributed by atoms with E-state index in [4.69, 9.17) is 10.5 Å². The number of nitrogen functional groups attached to an aromatic ring is 1. The number of aromatic nitrogens is 3. The summed E-state index contributed by atoms with van der Waals surface area (Å²) >= 11 is 0. The van der Waals surface area contributed by atoms with Gasteiger partial charge in [0.05, 0.1) is 18.8 Å². The van der Waals surface area contributed by atoms with Gasteiger partial charge in [-0.05, 0) is 25.5 Å². The molecule has 0 aliphatic carbocycles. The predicted octanol–water partition coefficient (Wildman–Crippen LogP) is 2.28. The van der Waals surface area contributed by atoms with E-state index in [-0.39, 0.29) is 0 Å². The van der Waals surface area contributed by atoms with Gasteiger partial charge in [0.2, 0.25) is 0 Å². The van der Waals surface area contributed by atoms with Crippen LogP contribution in [-0.4, -0.2) is 21.4 Å². The summed E-state index contributed by atoms with van der Waals surface area (Å²) < 4.78 is 7.61. The second-order valence-electron chi connectivity index (χ2n) is 4.49. The molecule has 20 heavy (non-hydrogen) atoms. The number of anilines is 2. The number of aryl methyl sites for hydroxylation is 1. The van der Waals surface area contributed by atoms with Gasteiger partial charge in [-0.3, -0.25) is 0 Å². The molecule has 0 saturated carbocycles. The van der Waals surface area contributed by atoms with Crippen LogP contribution in [0.1, 0.15) is 26.1 Å². The normalized spacial score (nSPS) is 10.5. The summed E-state index contributed by atoms with van der Waals surface area (Å²) in [4.78, 5) is 0. The molecule has 6 heteroatoms. The Morgan fingerprint density at radius 2 is 2.20 bits per heavy atom. The van der Waals surface area contributed by atoms with E-state index >= 15 is 0 Å². The molecular weight excluding hydrogens is 254 g/mol. The molecule has 1 aromatic carbocycles. The van der Waals surface area contributed by atoms with Crippen LogP contribution in [0, 0.1) is 0 Å². The number of ether oxygens (including phenoxy) is 1. The number of nitrogens with zero attached hydrogens (tertiary/aromatic N) is 3. The number of hydrogen-bond donors (Lipinski definition) is 2. The second-order valence-corrected chi connectivity index (χ2v) is 4.49. The molecule has 0 atom stereocenters. The van der Waals surface area contributed by atoms with Crippen LogP contribution in [0.15, 0.2) is 24.5 Å². The lowest BCUT2D eigenvalue weighted by atomic mass is 10.2. The van der Waals surface area contributed by atoms with E-state index in [2.05, 4.69) is 29.4 Å². The van der Waals surface area contributed by atoms with Crippen molar-refractivity contribution in [3.8, 4) is 5.75 Å². The summed E-state index contributed by atoms with van der Waals surface area (Å²) in [5.41, 5.74) is 7.50. The highest BCUT2D eigenvalue weighted by Crippen LogP contribution is 2.25. The first-order valence-corrected chi connectivity index (χ1v) is 6.87. The van der Waals surface area contributed by atoms with Crippen LogP contribution in [0.5, 0.6) is 5.75 Å². The Bertz CT molecular complexity index is 552. The lowest BCUT2D eigenvalue weighted by Gasteiger charge is -2.11.